The summed E-state index contributed by atoms with van der Waals surface area (Å²) >= 11 is 11.2. The van der Waals surface area contributed by atoms with Gasteiger partial charge in [-0.2, -0.15) is 0 Å². The van der Waals surface area contributed by atoms with Crippen LogP contribution in [0.25, 0.3) is 11.1 Å². The molecule has 0 aliphatic rings. The maximum atomic E-state index is 13.8. The molecule has 12 heteroatoms. The van der Waals surface area contributed by atoms with E-state index in [1.54, 1.807) is 57.4 Å². The second-order valence-corrected chi connectivity index (χ2v) is 13.8. The lowest BCUT2D eigenvalue weighted by Gasteiger charge is -2.28. The van der Waals surface area contributed by atoms with Gasteiger partial charge >= 0.3 is 0 Å². The summed E-state index contributed by atoms with van der Waals surface area (Å²) in [6.07, 6.45) is 1.60. The van der Waals surface area contributed by atoms with Gasteiger partial charge in [-0.15, -0.1) is 4.72 Å². The highest BCUT2D eigenvalue weighted by Crippen LogP contribution is 2.37. The maximum Gasteiger partial charge on any atom is 0.250 e. The van der Waals surface area contributed by atoms with Crippen molar-refractivity contribution < 1.29 is 17.8 Å². The van der Waals surface area contributed by atoms with Gasteiger partial charge in [-0.05, 0) is 87.7 Å². The predicted molar refractivity (Wildman–Crippen MR) is 158 cm³/mol. The van der Waals surface area contributed by atoms with E-state index in [4.69, 9.17) is 23.2 Å². The van der Waals surface area contributed by atoms with Crippen LogP contribution in [0, 0.1) is 0 Å². The number of thiol groups is 1. The van der Waals surface area contributed by atoms with Gasteiger partial charge in [0.1, 0.15) is 4.75 Å². The first-order valence-corrected chi connectivity index (χ1v) is 15.1. The zero-order valence-electron chi connectivity index (χ0n) is 22.4. The number of aromatic nitrogens is 1. The molecule has 2 N–H and O–H groups in total. The molecule has 3 atom stereocenters. The largest absolute Gasteiger partial charge is 0.598 e. The predicted octanol–water partition coefficient (Wildman–Crippen LogP) is 4.88. The highest BCUT2D eigenvalue weighted by atomic mass is 35.5. The number of aryl methyl sites for hydroxylation is 1. The molecule has 0 saturated heterocycles. The Morgan fingerprint density at radius 3 is 2.18 bits per heavy atom. The van der Waals surface area contributed by atoms with Crippen molar-refractivity contribution in [3.63, 3.8) is 0 Å². The molecule has 0 fully saturated rings. The molecule has 1 aromatic heterocycles. The number of benzene rings is 2. The molecule has 0 aliphatic heterocycles. The van der Waals surface area contributed by atoms with E-state index in [0.29, 0.717) is 32.8 Å². The summed E-state index contributed by atoms with van der Waals surface area (Å²) in [5.41, 5.74) is 2.24. The molecule has 1 heterocycles. The van der Waals surface area contributed by atoms with Crippen molar-refractivity contribution in [3.05, 3.63) is 91.3 Å². The summed E-state index contributed by atoms with van der Waals surface area (Å²) in [5.74, 6) is -0.343. The van der Waals surface area contributed by atoms with Crippen LogP contribution in [0.5, 0.6) is 0 Å². The topological polar surface area (TPSA) is 120 Å². The van der Waals surface area contributed by atoms with E-state index >= 15 is 0 Å². The van der Waals surface area contributed by atoms with Crippen LogP contribution in [-0.4, -0.2) is 28.1 Å². The number of rotatable bonds is 9. The first-order chi connectivity index (χ1) is 18.1. The van der Waals surface area contributed by atoms with Crippen LogP contribution in [0.3, 0.4) is 0 Å². The molecule has 2 unspecified atom stereocenters. The zero-order valence-corrected chi connectivity index (χ0v) is 25.6. The molecule has 210 valence electrons. The maximum absolute atomic E-state index is 13.8. The summed E-state index contributed by atoms with van der Waals surface area (Å²) in [7, 11) is -1.34. The molecule has 39 heavy (non-hydrogen) atoms. The Hall–Kier alpha value is -2.18. The van der Waals surface area contributed by atoms with Crippen LogP contribution in [0.4, 0.5) is 0 Å². The number of hydrogen-bond acceptors (Lipinski definition) is 6. The van der Waals surface area contributed by atoms with Gasteiger partial charge < -0.3 is 9.12 Å². The Morgan fingerprint density at radius 2 is 1.62 bits per heavy atom. The van der Waals surface area contributed by atoms with Gasteiger partial charge in [0.25, 0.3) is 5.56 Å². The molecule has 8 nitrogen and oxygen atoms in total. The third-order valence-electron chi connectivity index (χ3n) is 6.11. The number of carbonyl (C=O) groups excluding carboxylic acids is 1. The lowest BCUT2D eigenvalue weighted by molar-refractivity contribution is 0.103. The van der Waals surface area contributed by atoms with Crippen molar-refractivity contribution in [1.29, 1.82) is 0 Å². The Morgan fingerprint density at radius 1 is 1.00 bits per heavy atom. The minimum Gasteiger partial charge on any atom is -0.598 e. The van der Waals surface area contributed by atoms with Crippen LogP contribution < -0.4 is 15.0 Å². The minimum absolute atomic E-state index is 0.194. The first-order valence-electron chi connectivity index (χ1n) is 12.0. The fraction of sp³-hybridized carbons (Fsp3) is 0.333. The van der Waals surface area contributed by atoms with E-state index in [9.17, 15) is 22.6 Å². The number of hydrogen-bond donors (Lipinski definition) is 3. The zero-order chi connectivity index (χ0) is 29.2. The molecule has 0 radical (unpaired) electrons. The lowest BCUT2D eigenvalue weighted by atomic mass is 9.88. The van der Waals surface area contributed by atoms with E-state index < -0.39 is 39.1 Å². The second kappa shape index (κ2) is 12.6. The summed E-state index contributed by atoms with van der Waals surface area (Å²) in [6.45, 7) is 8.91. The fourth-order valence-corrected chi connectivity index (χ4v) is 5.66. The van der Waals surface area contributed by atoms with Crippen LogP contribution in [-0.2, 0) is 29.3 Å². The van der Waals surface area contributed by atoms with Crippen molar-refractivity contribution in [2.45, 2.75) is 51.4 Å². The molecule has 3 rings (SSSR count). The van der Waals surface area contributed by atoms with Crippen molar-refractivity contribution in [1.82, 2.24) is 14.0 Å². The molecular weight excluding hydrogens is 581 g/mol. The molecule has 0 spiro atoms. The molecule has 0 bridgehead atoms. The summed E-state index contributed by atoms with van der Waals surface area (Å²) in [5, 5.41) is 0.665. The van der Waals surface area contributed by atoms with E-state index in [-0.39, 0.29) is 21.9 Å². The van der Waals surface area contributed by atoms with Crippen molar-refractivity contribution in [2.24, 2.45) is 7.05 Å². The standard InChI is InChI=1S/C27H31Cl2N3O5S2/c1-15(30-38(35)27(3,4)5)19-13-25(33)32(6)14-23(19)21-11-20(16(2)31-39(36)37)24(29)12-22(21)26(34)17-7-9-18(28)10-8-17/h7-16,30,39H,1-6H3,(H,31,36,37)/t15-,16?,38?/m0/s1. The average Bonchev–Trinajstić information content (AvgIpc) is 2.84. The van der Waals surface area contributed by atoms with E-state index in [1.165, 1.54) is 16.7 Å². The average molecular weight is 613 g/mol. The Bertz CT molecular complexity index is 1510. The monoisotopic (exact) mass is 611 g/mol. The van der Waals surface area contributed by atoms with E-state index in [0.717, 1.165) is 0 Å². The number of carbonyl (C=O) groups is 1. The number of nitrogens with one attached hydrogen (secondary N) is 2. The van der Waals surface area contributed by atoms with Crippen LogP contribution in [0.2, 0.25) is 10.0 Å². The Kier molecular flexibility index (Phi) is 10.1. The number of nitrogens with zero attached hydrogens (tertiary/aromatic N) is 1. The normalized spacial score (nSPS) is 14.3. The van der Waals surface area contributed by atoms with Gasteiger partial charge in [0, 0.05) is 63.5 Å². The second-order valence-electron chi connectivity index (χ2n) is 10.2. The number of halogens is 2. The molecule has 0 amide bonds. The third-order valence-corrected chi connectivity index (χ3v) is 8.97. The SMILES string of the molecule is CC(N[SH](=O)=O)c1cc(-c2cn(C)c(=O)cc2[C@H](C)N[S+]([O-])C(C)(C)C)c(C(=O)c2ccc(Cl)cc2)cc1Cl. The molecule has 3 aromatic rings. The smallest absolute Gasteiger partial charge is 0.250 e. The Labute approximate surface area is 243 Å². The van der Waals surface area contributed by atoms with E-state index in [2.05, 4.69) is 9.44 Å². The Balaban J connectivity index is 2.31. The number of pyridine rings is 1. The molecule has 0 aliphatic carbocycles. The minimum atomic E-state index is -2.92. The molecule has 2 aromatic carbocycles. The van der Waals surface area contributed by atoms with Crippen molar-refractivity contribution >= 4 is 51.2 Å². The fourth-order valence-electron chi connectivity index (χ4n) is 3.95. The highest BCUT2D eigenvalue weighted by molar-refractivity contribution is 7.90. The summed E-state index contributed by atoms with van der Waals surface area (Å²) in [4.78, 5) is 26.5. The van der Waals surface area contributed by atoms with Crippen LogP contribution in [0.15, 0.2) is 53.5 Å². The number of ketones is 1. The van der Waals surface area contributed by atoms with Gasteiger partial charge in [0.15, 0.2) is 5.78 Å². The van der Waals surface area contributed by atoms with Gasteiger partial charge in [-0.3, -0.25) is 9.59 Å². The molecular formula is C27H31Cl2N3O5S2. The summed E-state index contributed by atoms with van der Waals surface area (Å²) < 4.78 is 42.0. The van der Waals surface area contributed by atoms with Crippen LogP contribution in [0.1, 0.15) is 73.8 Å². The van der Waals surface area contributed by atoms with Gasteiger partial charge in [0.2, 0.25) is 10.9 Å². The highest BCUT2D eigenvalue weighted by Gasteiger charge is 2.30. The molecule has 0 saturated carbocycles. The first kappa shape index (κ1) is 31.3. The third kappa shape index (κ3) is 7.52. The van der Waals surface area contributed by atoms with Gasteiger partial charge in [0.05, 0.1) is 6.04 Å². The van der Waals surface area contributed by atoms with Crippen molar-refractivity contribution in [2.75, 3.05) is 0 Å². The van der Waals surface area contributed by atoms with Gasteiger partial charge in [-0.1, -0.05) is 23.2 Å². The van der Waals surface area contributed by atoms with Crippen LogP contribution >= 0.6 is 23.2 Å². The van der Waals surface area contributed by atoms with Gasteiger partial charge in [-0.25, -0.2) is 13.1 Å². The van der Waals surface area contributed by atoms with Crippen molar-refractivity contribution in [3.8, 4) is 11.1 Å². The van der Waals surface area contributed by atoms with E-state index in [1.807, 2.05) is 20.8 Å². The lowest BCUT2D eigenvalue weighted by Crippen LogP contribution is -2.41. The quantitative estimate of drug-likeness (QED) is 0.180. The summed E-state index contributed by atoms with van der Waals surface area (Å²) in [6, 6.07) is 9.75.